The lowest BCUT2D eigenvalue weighted by atomic mass is 9.93. The Labute approximate surface area is 128 Å². The monoisotopic (exact) mass is 353 g/mol. The van der Waals surface area contributed by atoms with E-state index in [0.29, 0.717) is 4.88 Å². The van der Waals surface area contributed by atoms with Gasteiger partial charge in [-0.15, -0.1) is 11.3 Å². The van der Waals surface area contributed by atoms with E-state index in [4.69, 9.17) is 0 Å². The van der Waals surface area contributed by atoms with Crippen LogP contribution < -0.4 is 0 Å². The SMILES string of the molecule is O=C(CC(C[N+](=O)[O-])c1ccccc1)c1sccc1Br. The van der Waals surface area contributed by atoms with Crippen LogP contribution in [0, 0.1) is 10.1 Å². The Morgan fingerprint density at radius 2 is 2.00 bits per heavy atom. The van der Waals surface area contributed by atoms with Crippen molar-refractivity contribution in [1.29, 1.82) is 0 Å². The average molecular weight is 354 g/mol. The zero-order valence-corrected chi connectivity index (χ0v) is 12.9. The van der Waals surface area contributed by atoms with Gasteiger partial charge in [0, 0.05) is 15.8 Å². The molecule has 104 valence electrons. The number of hydrogen-bond donors (Lipinski definition) is 0. The molecule has 1 aromatic heterocycles. The summed E-state index contributed by atoms with van der Waals surface area (Å²) in [6.07, 6.45) is 0.143. The van der Waals surface area contributed by atoms with Gasteiger partial charge in [0.2, 0.25) is 6.54 Å². The van der Waals surface area contributed by atoms with Gasteiger partial charge >= 0.3 is 0 Å². The fraction of sp³-hybridized carbons (Fsp3) is 0.214. The van der Waals surface area contributed by atoms with Crippen LogP contribution in [-0.2, 0) is 0 Å². The number of benzene rings is 1. The minimum absolute atomic E-state index is 0.0671. The lowest BCUT2D eigenvalue weighted by molar-refractivity contribution is -0.483. The van der Waals surface area contributed by atoms with Crippen LogP contribution in [0.15, 0.2) is 46.3 Å². The van der Waals surface area contributed by atoms with Gasteiger partial charge < -0.3 is 0 Å². The second-order valence-electron chi connectivity index (χ2n) is 4.35. The molecular weight excluding hydrogens is 342 g/mol. The highest BCUT2D eigenvalue weighted by molar-refractivity contribution is 9.10. The third-order valence-electron chi connectivity index (χ3n) is 2.94. The fourth-order valence-corrected chi connectivity index (χ4v) is 3.55. The van der Waals surface area contributed by atoms with E-state index in [1.54, 1.807) is 0 Å². The normalized spacial score (nSPS) is 12.1. The van der Waals surface area contributed by atoms with Crippen LogP contribution in [0.4, 0.5) is 0 Å². The summed E-state index contributed by atoms with van der Waals surface area (Å²) in [7, 11) is 0. The lowest BCUT2D eigenvalue weighted by Gasteiger charge is -2.12. The van der Waals surface area contributed by atoms with E-state index in [-0.39, 0.29) is 23.7 Å². The molecule has 0 aliphatic rings. The molecule has 0 amide bonds. The van der Waals surface area contributed by atoms with Gasteiger partial charge in [-0.3, -0.25) is 14.9 Å². The molecule has 1 aromatic carbocycles. The van der Waals surface area contributed by atoms with Crippen molar-refractivity contribution in [2.24, 2.45) is 0 Å². The van der Waals surface area contributed by atoms with Crippen molar-refractivity contribution < 1.29 is 9.72 Å². The lowest BCUT2D eigenvalue weighted by Crippen LogP contribution is -2.16. The van der Waals surface area contributed by atoms with Crippen LogP contribution in [0.2, 0.25) is 0 Å². The van der Waals surface area contributed by atoms with Gasteiger partial charge in [0.25, 0.3) is 0 Å². The molecule has 0 fully saturated rings. The van der Waals surface area contributed by atoms with Crippen LogP contribution in [0.5, 0.6) is 0 Å². The van der Waals surface area contributed by atoms with Crippen molar-refractivity contribution in [3.8, 4) is 0 Å². The molecule has 0 N–H and O–H groups in total. The highest BCUT2D eigenvalue weighted by Gasteiger charge is 2.23. The minimum atomic E-state index is -0.396. The Morgan fingerprint density at radius 1 is 1.30 bits per heavy atom. The summed E-state index contributed by atoms with van der Waals surface area (Å²) in [4.78, 5) is 23.3. The van der Waals surface area contributed by atoms with E-state index in [1.165, 1.54) is 11.3 Å². The number of thiophene rings is 1. The maximum absolute atomic E-state index is 12.2. The summed E-state index contributed by atoms with van der Waals surface area (Å²) >= 11 is 4.67. The number of halogens is 1. The van der Waals surface area contributed by atoms with Gasteiger partial charge in [0.05, 0.1) is 10.8 Å². The number of hydrogen-bond acceptors (Lipinski definition) is 4. The number of carbonyl (C=O) groups excluding carboxylic acids is 1. The van der Waals surface area contributed by atoms with Gasteiger partial charge in [0.1, 0.15) is 0 Å². The summed E-state index contributed by atoms with van der Waals surface area (Å²) in [5.41, 5.74) is 0.824. The van der Waals surface area contributed by atoms with Crippen LogP contribution in [0.3, 0.4) is 0 Å². The molecule has 1 unspecified atom stereocenters. The van der Waals surface area contributed by atoms with Crippen molar-refractivity contribution in [3.05, 3.63) is 66.8 Å². The molecule has 20 heavy (non-hydrogen) atoms. The van der Waals surface area contributed by atoms with E-state index in [2.05, 4.69) is 15.9 Å². The maximum atomic E-state index is 12.2. The summed E-state index contributed by atoms with van der Waals surface area (Å²) < 4.78 is 0.750. The predicted molar refractivity (Wildman–Crippen MR) is 82.0 cm³/mol. The van der Waals surface area contributed by atoms with Crippen LogP contribution in [0.1, 0.15) is 27.6 Å². The standard InChI is InChI=1S/C14H12BrNO3S/c15-12-6-7-20-14(12)13(17)8-11(9-16(18)19)10-4-2-1-3-5-10/h1-7,11H,8-9H2. The zero-order valence-electron chi connectivity index (χ0n) is 10.5. The number of ketones is 1. The topological polar surface area (TPSA) is 60.2 Å². The average Bonchev–Trinajstić information content (AvgIpc) is 2.85. The second kappa shape index (κ2) is 6.76. The molecule has 4 nitrogen and oxygen atoms in total. The highest BCUT2D eigenvalue weighted by atomic mass is 79.9. The Balaban J connectivity index is 2.18. The molecule has 1 atom stereocenters. The molecule has 2 aromatic rings. The molecule has 0 bridgehead atoms. The first-order valence-corrected chi connectivity index (χ1v) is 7.68. The van der Waals surface area contributed by atoms with Crippen molar-refractivity contribution in [3.63, 3.8) is 0 Å². The summed E-state index contributed by atoms with van der Waals surface area (Å²) in [6.45, 7) is -0.237. The largest absolute Gasteiger partial charge is 0.293 e. The zero-order chi connectivity index (χ0) is 14.5. The first kappa shape index (κ1) is 14.9. The van der Waals surface area contributed by atoms with E-state index in [1.807, 2.05) is 41.8 Å². The van der Waals surface area contributed by atoms with E-state index >= 15 is 0 Å². The van der Waals surface area contributed by atoms with Crippen LogP contribution >= 0.6 is 27.3 Å². The second-order valence-corrected chi connectivity index (χ2v) is 6.12. The Morgan fingerprint density at radius 3 is 2.55 bits per heavy atom. The van der Waals surface area contributed by atoms with E-state index in [0.717, 1.165) is 10.0 Å². The molecule has 6 heteroatoms. The van der Waals surface area contributed by atoms with Gasteiger partial charge in [0.15, 0.2) is 5.78 Å². The fourth-order valence-electron chi connectivity index (χ4n) is 2.00. The highest BCUT2D eigenvalue weighted by Crippen LogP contribution is 2.28. The van der Waals surface area contributed by atoms with Crippen molar-refractivity contribution in [2.45, 2.75) is 12.3 Å². The smallest absolute Gasteiger partial charge is 0.211 e. The van der Waals surface area contributed by atoms with Crippen LogP contribution in [0.25, 0.3) is 0 Å². The summed E-state index contributed by atoms with van der Waals surface area (Å²) in [5, 5.41) is 12.6. The summed E-state index contributed by atoms with van der Waals surface area (Å²) in [5.74, 6) is -0.463. The van der Waals surface area contributed by atoms with E-state index in [9.17, 15) is 14.9 Å². The molecule has 0 aliphatic heterocycles. The van der Waals surface area contributed by atoms with Gasteiger partial charge in [-0.25, -0.2) is 0 Å². The number of nitro groups is 1. The van der Waals surface area contributed by atoms with Crippen molar-refractivity contribution in [2.75, 3.05) is 6.54 Å². The quantitative estimate of drug-likeness (QED) is 0.445. The first-order chi connectivity index (χ1) is 9.58. The van der Waals surface area contributed by atoms with Crippen molar-refractivity contribution >= 4 is 33.0 Å². The molecule has 0 saturated heterocycles. The third kappa shape index (κ3) is 3.74. The third-order valence-corrected chi connectivity index (χ3v) is 4.82. The predicted octanol–water partition coefficient (Wildman–Crippen LogP) is 4.14. The first-order valence-electron chi connectivity index (χ1n) is 6.01. The maximum Gasteiger partial charge on any atom is 0.211 e. The van der Waals surface area contributed by atoms with Gasteiger partial charge in [-0.2, -0.15) is 0 Å². The molecule has 2 rings (SSSR count). The summed E-state index contributed by atoms with van der Waals surface area (Å²) in [6, 6.07) is 11.0. The number of rotatable bonds is 6. The number of nitrogens with zero attached hydrogens (tertiary/aromatic N) is 1. The molecule has 0 saturated carbocycles. The van der Waals surface area contributed by atoms with Gasteiger partial charge in [-0.1, -0.05) is 30.3 Å². The van der Waals surface area contributed by atoms with Crippen LogP contribution in [-0.4, -0.2) is 17.3 Å². The molecule has 1 heterocycles. The molecule has 0 radical (unpaired) electrons. The molecule has 0 spiro atoms. The van der Waals surface area contributed by atoms with E-state index < -0.39 is 5.92 Å². The molecule has 0 aliphatic carbocycles. The molecular formula is C14H12BrNO3S. The minimum Gasteiger partial charge on any atom is -0.293 e. The Hall–Kier alpha value is -1.53. The Bertz CT molecular complexity index is 612. The number of carbonyl (C=O) groups is 1. The number of Topliss-reactive ketones (excluding diaryl/α,β-unsaturated/α-hetero) is 1. The van der Waals surface area contributed by atoms with Crippen molar-refractivity contribution in [1.82, 2.24) is 0 Å². The Kier molecular flexibility index (Phi) is 5.03. The van der Waals surface area contributed by atoms with Gasteiger partial charge in [-0.05, 0) is 32.9 Å².